The van der Waals surface area contributed by atoms with Crippen molar-refractivity contribution < 1.29 is 42.8 Å². The Balaban J connectivity index is 0.000000945. The second-order valence-corrected chi connectivity index (χ2v) is 7.89. The molecule has 3 rings (SSSR count). The Morgan fingerprint density at radius 2 is 1.82 bits per heavy atom. The third-order valence-electron chi connectivity index (χ3n) is 5.16. The highest BCUT2D eigenvalue weighted by Crippen LogP contribution is 2.34. The SMILES string of the molecule is CC(=O)O.O=C1C[C@@H](O)[C@H](/C=C/CC(O)Oc2cccc(C(F)(F)F)c2)[C@H]1Cc1ccccc1. The standard InChI is InChI=1S/C23H23F3O4.C2H4O2/c24-23(25,26)16-8-4-9-17(13-16)30-22(29)11-5-10-18-19(21(28)14-20(18)27)12-15-6-2-1-3-7-15;1-2(3)4/h1-10,13,18-20,22,27,29H,11-12,14H2;1H3,(H,3,4)/b10-5+;/t18-,19-,20-,22?;/m1./s1. The molecule has 184 valence electrons. The summed E-state index contributed by atoms with van der Waals surface area (Å²) in [6.07, 6.45) is -2.79. The van der Waals surface area contributed by atoms with E-state index in [1.807, 2.05) is 30.3 Å². The van der Waals surface area contributed by atoms with Crippen molar-refractivity contribution in [2.45, 2.75) is 44.8 Å². The summed E-state index contributed by atoms with van der Waals surface area (Å²) in [5.74, 6) is -1.69. The van der Waals surface area contributed by atoms with Crippen LogP contribution in [0.5, 0.6) is 5.75 Å². The molecule has 0 heterocycles. The van der Waals surface area contributed by atoms with Crippen molar-refractivity contribution in [3.63, 3.8) is 0 Å². The molecule has 0 bridgehead atoms. The molecular weight excluding hydrogens is 453 g/mol. The van der Waals surface area contributed by atoms with Crippen LogP contribution in [0.15, 0.2) is 66.7 Å². The minimum Gasteiger partial charge on any atom is -0.481 e. The number of halogens is 3. The van der Waals surface area contributed by atoms with E-state index in [2.05, 4.69) is 0 Å². The number of hydrogen-bond donors (Lipinski definition) is 3. The topological polar surface area (TPSA) is 104 Å². The molecule has 0 spiro atoms. The maximum atomic E-state index is 12.8. The largest absolute Gasteiger partial charge is 0.481 e. The molecule has 0 aliphatic heterocycles. The number of hydrogen-bond acceptors (Lipinski definition) is 5. The summed E-state index contributed by atoms with van der Waals surface area (Å²) in [4.78, 5) is 21.3. The van der Waals surface area contributed by atoms with Crippen molar-refractivity contribution in [3.05, 3.63) is 77.9 Å². The van der Waals surface area contributed by atoms with Gasteiger partial charge < -0.3 is 20.1 Å². The molecule has 2 aromatic carbocycles. The molecule has 0 saturated heterocycles. The maximum Gasteiger partial charge on any atom is 0.416 e. The van der Waals surface area contributed by atoms with E-state index in [1.165, 1.54) is 12.1 Å². The number of alkyl halides is 3. The number of aliphatic hydroxyl groups is 2. The molecular formula is C25H27F3O6. The van der Waals surface area contributed by atoms with Gasteiger partial charge >= 0.3 is 6.18 Å². The Labute approximate surface area is 195 Å². The molecule has 0 amide bonds. The van der Waals surface area contributed by atoms with Crippen molar-refractivity contribution in [1.82, 2.24) is 0 Å². The number of rotatable bonds is 7. The Morgan fingerprint density at radius 1 is 1.18 bits per heavy atom. The molecule has 9 heteroatoms. The van der Waals surface area contributed by atoms with Crippen LogP contribution in [0, 0.1) is 11.8 Å². The molecule has 3 N–H and O–H groups in total. The number of benzene rings is 2. The minimum atomic E-state index is -4.50. The molecule has 0 aromatic heterocycles. The lowest BCUT2D eigenvalue weighted by molar-refractivity contribution is -0.138. The predicted molar refractivity (Wildman–Crippen MR) is 118 cm³/mol. The minimum absolute atomic E-state index is 0.00567. The first kappa shape index (κ1) is 27.1. The average molecular weight is 480 g/mol. The van der Waals surface area contributed by atoms with Crippen molar-refractivity contribution in [2.24, 2.45) is 11.8 Å². The highest BCUT2D eigenvalue weighted by atomic mass is 19.4. The number of ketones is 1. The first-order valence-electron chi connectivity index (χ1n) is 10.6. The van der Waals surface area contributed by atoms with Crippen LogP contribution in [0.2, 0.25) is 0 Å². The van der Waals surface area contributed by atoms with Crippen LogP contribution in [-0.4, -0.2) is 39.5 Å². The van der Waals surface area contributed by atoms with Gasteiger partial charge in [0.05, 0.1) is 11.7 Å². The second-order valence-electron chi connectivity index (χ2n) is 7.89. The van der Waals surface area contributed by atoms with Gasteiger partial charge in [0.1, 0.15) is 11.5 Å². The zero-order chi connectivity index (χ0) is 25.3. The second kappa shape index (κ2) is 12.3. The smallest absolute Gasteiger partial charge is 0.416 e. The molecule has 4 atom stereocenters. The van der Waals surface area contributed by atoms with Gasteiger partial charge in [0.2, 0.25) is 6.29 Å². The lowest BCUT2D eigenvalue weighted by Gasteiger charge is -2.18. The van der Waals surface area contributed by atoms with Crippen LogP contribution in [-0.2, 0) is 22.2 Å². The van der Waals surface area contributed by atoms with Crippen LogP contribution in [0.25, 0.3) is 0 Å². The summed E-state index contributed by atoms with van der Waals surface area (Å²) >= 11 is 0. The number of Topliss-reactive ketones (excluding diaryl/α,β-unsaturated/α-hetero) is 1. The number of carbonyl (C=O) groups excluding carboxylic acids is 1. The highest BCUT2D eigenvalue weighted by Gasteiger charge is 2.39. The molecule has 1 fully saturated rings. The van der Waals surface area contributed by atoms with Gasteiger partial charge in [-0.15, -0.1) is 0 Å². The van der Waals surface area contributed by atoms with Crippen molar-refractivity contribution in [3.8, 4) is 5.75 Å². The number of carbonyl (C=O) groups is 2. The molecule has 1 unspecified atom stereocenters. The summed E-state index contributed by atoms with van der Waals surface area (Å²) in [5.41, 5.74) is 0.135. The van der Waals surface area contributed by atoms with E-state index in [9.17, 15) is 28.2 Å². The number of ether oxygens (including phenoxy) is 1. The van der Waals surface area contributed by atoms with Gasteiger partial charge in [-0.1, -0.05) is 48.6 Å². The molecule has 34 heavy (non-hydrogen) atoms. The quantitative estimate of drug-likeness (QED) is 0.404. The Kier molecular flexibility index (Phi) is 9.83. The van der Waals surface area contributed by atoms with Crippen LogP contribution in [0.1, 0.15) is 30.9 Å². The van der Waals surface area contributed by atoms with E-state index in [0.29, 0.717) is 6.42 Å². The fourth-order valence-electron chi connectivity index (χ4n) is 3.66. The zero-order valence-electron chi connectivity index (χ0n) is 18.5. The maximum absolute atomic E-state index is 12.8. The van der Waals surface area contributed by atoms with Crippen LogP contribution in [0.3, 0.4) is 0 Å². The average Bonchev–Trinajstić information content (AvgIpc) is 3.01. The van der Waals surface area contributed by atoms with Crippen molar-refractivity contribution in [1.29, 1.82) is 0 Å². The van der Waals surface area contributed by atoms with Gasteiger partial charge in [-0.25, -0.2) is 0 Å². The predicted octanol–water partition coefficient (Wildman–Crippen LogP) is 4.25. The first-order valence-corrected chi connectivity index (χ1v) is 10.6. The number of aliphatic carboxylic acids is 1. The Morgan fingerprint density at radius 3 is 2.44 bits per heavy atom. The van der Waals surface area contributed by atoms with E-state index >= 15 is 0 Å². The van der Waals surface area contributed by atoms with Crippen molar-refractivity contribution in [2.75, 3.05) is 0 Å². The fraction of sp³-hybridized carbons (Fsp3) is 0.360. The number of carboxylic acid groups (broad SMARTS) is 1. The molecule has 1 aliphatic carbocycles. The van der Waals surface area contributed by atoms with E-state index in [0.717, 1.165) is 24.6 Å². The summed E-state index contributed by atoms with van der Waals surface area (Å²) in [6, 6.07) is 13.8. The molecule has 0 radical (unpaired) electrons. The molecule has 1 saturated carbocycles. The Bertz CT molecular complexity index is 970. The van der Waals surface area contributed by atoms with E-state index in [4.69, 9.17) is 14.6 Å². The summed E-state index contributed by atoms with van der Waals surface area (Å²) in [7, 11) is 0. The van der Waals surface area contributed by atoms with Gasteiger partial charge in [-0.3, -0.25) is 9.59 Å². The highest BCUT2D eigenvalue weighted by molar-refractivity contribution is 5.85. The van der Waals surface area contributed by atoms with Gasteiger partial charge in [0.25, 0.3) is 5.97 Å². The molecule has 2 aromatic rings. The van der Waals surface area contributed by atoms with Crippen LogP contribution in [0.4, 0.5) is 13.2 Å². The summed E-state index contributed by atoms with van der Waals surface area (Å²) in [6.45, 7) is 1.08. The number of aliphatic hydroxyl groups excluding tert-OH is 2. The van der Waals surface area contributed by atoms with Gasteiger partial charge in [-0.05, 0) is 30.2 Å². The van der Waals surface area contributed by atoms with Gasteiger partial charge in [0, 0.05) is 31.6 Å². The first-order chi connectivity index (χ1) is 16.0. The zero-order valence-corrected chi connectivity index (χ0v) is 18.5. The molecule has 6 nitrogen and oxygen atoms in total. The van der Waals surface area contributed by atoms with E-state index in [1.54, 1.807) is 12.2 Å². The normalized spacial score (nSPS) is 21.1. The van der Waals surface area contributed by atoms with Crippen molar-refractivity contribution >= 4 is 11.8 Å². The fourth-order valence-corrected chi connectivity index (χ4v) is 3.66. The monoisotopic (exact) mass is 480 g/mol. The molecule has 1 aliphatic rings. The van der Waals surface area contributed by atoms with Crippen LogP contribution >= 0.6 is 0 Å². The number of carboxylic acids is 1. The third kappa shape index (κ3) is 8.64. The Hall–Kier alpha value is -3.17. The summed E-state index contributed by atoms with van der Waals surface area (Å²) in [5, 5.41) is 27.7. The third-order valence-corrected chi connectivity index (χ3v) is 5.16. The van der Waals surface area contributed by atoms with Gasteiger partial charge in [0.15, 0.2) is 0 Å². The van der Waals surface area contributed by atoms with E-state index in [-0.39, 0.29) is 30.3 Å². The van der Waals surface area contributed by atoms with Gasteiger partial charge in [-0.2, -0.15) is 13.2 Å². The lowest BCUT2D eigenvalue weighted by atomic mass is 9.88. The lowest BCUT2D eigenvalue weighted by Crippen LogP contribution is -2.21. The summed E-state index contributed by atoms with van der Waals surface area (Å²) < 4.78 is 43.4. The van der Waals surface area contributed by atoms with Crippen LogP contribution < -0.4 is 4.74 Å². The van der Waals surface area contributed by atoms with E-state index < -0.39 is 36.0 Å².